The largest absolute Gasteiger partial charge is 0.383 e. The van der Waals surface area contributed by atoms with Gasteiger partial charge in [0, 0.05) is 69.0 Å². The zero-order valence-corrected chi connectivity index (χ0v) is 19.1. The molecule has 3 aromatic rings. The van der Waals surface area contributed by atoms with Crippen LogP contribution in [-0.4, -0.2) is 71.9 Å². The fourth-order valence-electron chi connectivity index (χ4n) is 3.93. The van der Waals surface area contributed by atoms with Crippen LogP contribution >= 0.6 is 11.6 Å². The Hall–Kier alpha value is -2.74. The number of likely N-dealkylation sites (N-methyl/N-ethyl adjacent to an activating group) is 1. The Morgan fingerprint density at radius 2 is 1.94 bits per heavy atom. The second-order valence-corrected chi connectivity index (χ2v) is 8.71. The van der Waals surface area contributed by atoms with E-state index in [9.17, 15) is 4.79 Å². The first-order valence-corrected chi connectivity index (χ1v) is 11.3. The number of rotatable bonds is 8. The van der Waals surface area contributed by atoms with Gasteiger partial charge in [-0.3, -0.25) is 9.69 Å². The number of aryl methyl sites for hydroxylation is 1. The normalized spacial score (nSPS) is 14.7. The summed E-state index contributed by atoms with van der Waals surface area (Å²) >= 11 is 6.40. The van der Waals surface area contributed by atoms with E-state index < -0.39 is 0 Å². The molecule has 1 aliphatic rings. The molecule has 0 unspecified atom stereocenters. The molecule has 0 atom stereocenters. The number of carbonyl (C=O) groups is 1. The van der Waals surface area contributed by atoms with Crippen molar-refractivity contribution < 1.29 is 4.79 Å². The van der Waals surface area contributed by atoms with Crippen molar-refractivity contribution >= 4 is 39.8 Å². The summed E-state index contributed by atoms with van der Waals surface area (Å²) in [6.07, 6.45) is 4.33. The standard InChI is InChI=1S/C24H29ClN6O.CH4/c1-30-10-12-31(13-11-30)9-8-28-24-21(25)15-19(16-29-24)22(32)5-3-17-2-4-20-18(14-17)6-7-27-23(20)26;/h2,4,6-7,14-16H,3,5,8-13H2,1H3,(H2,26,27)(H,28,29);1H4. The van der Waals surface area contributed by atoms with Crippen LogP contribution in [0.2, 0.25) is 5.02 Å². The number of nitrogen functional groups attached to an aromatic ring is 1. The van der Waals surface area contributed by atoms with Gasteiger partial charge in [-0.25, -0.2) is 9.97 Å². The highest BCUT2D eigenvalue weighted by Gasteiger charge is 2.14. The van der Waals surface area contributed by atoms with Gasteiger partial charge < -0.3 is 16.0 Å². The molecule has 0 aliphatic carbocycles. The van der Waals surface area contributed by atoms with Gasteiger partial charge in [0.2, 0.25) is 0 Å². The topological polar surface area (TPSA) is 87.4 Å². The summed E-state index contributed by atoms with van der Waals surface area (Å²) in [6.45, 7) is 6.06. The summed E-state index contributed by atoms with van der Waals surface area (Å²) in [4.78, 5) is 25.9. The van der Waals surface area contributed by atoms with Crippen LogP contribution in [-0.2, 0) is 6.42 Å². The van der Waals surface area contributed by atoms with Gasteiger partial charge in [-0.1, -0.05) is 37.2 Å². The summed E-state index contributed by atoms with van der Waals surface area (Å²) in [5.74, 6) is 1.17. The van der Waals surface area contributed by atoms with Crippen molar-refractivity contribution in [1.82, 2.24) is 19.8 Å². The molecule has 0 spiro atoms. The van der Waals surface area contributed by atoms with Gasteiger partial charge >= 0.3 is 0 Å². The molecule has 8 heteroatoms. The van der Waals surface area contributed by atoms with E-state index in [2.05, 4.69) is 38.2 Å². The summed E-state index contributed by atoms with van der Waals surface area (Å²) in [5.41, 5.74) is 7.53. The summed E-state index contributed by atoms with van der Waals surface area (Å²) in [6, 6.07) is 9.64. The van der Waals surface area contributed by atoms with Gasteiger partial charge in [-0.05, 0) is 36.6 Å². The number of aromatic nitrogens is 2. The molecule has 176 valence electrons. The smallest absolute Gasteiger partial charge is 0.164 e. The third-order valence-corrected chi connectivity index (χ3v) is 6.27. The van der Waals surface area contributed by atoms with Crippen LogP contribution in [0.25, 0.3) is 10.8 Å². The van der Waals surface area contributed by atoms with Crippen molar-refractivity contribution in [2.24, 2.45) is 0 Å². The molecule has 2 aromatic heterocycles. The fourth-order valence-corrected chi connectivity index (χ4v) is 4.17. The van der Waals surface area contributed by atoms with Crippen LogP contribution in [0.15, 0.2) is 42.7 Å². The van der Waals surface area contributed by atoms with Crippen molar-refractivity contribution in [3.05, 3.63) is 58.9 Å². The van der Waals surface area contributed by atoms with E-state index in [4.69, 9.17) is 17.3 Å². The predicted molar refractivity (Wildman–Crippen MR) is 137 cm³/mol. The molecule has 0 radical (unpaired) electrons. The van der Waals surface area contributed by atoms with Crippen LogP contribution in [0, 0.1) is 0 Å². The second kappa shape index (κ2) is 11.4. The SMILES string of the molecule is C.CN1CCN(CCNc2ncc(C(=O)CCc3ccc4c(N)nccc4c3)cc2Cl)CC1. The van der Waals surface area contributed by atoms with Gasteiger partial charge in [0.25, 0.3) is 0 Å². The highest BCUT2D eigenvalue weighted by molar-refractivity contribution is 6.33. The summed E-state index contributed by atoms with van der Waals surface area (Å²) < 4.78 is 0. The van der Waals surface area contributed by atoms with E-state index in [1.165, 1.54) is 0 Å². The van der Waals surface area contributed by atoms with E-state index in [1.807, 2.05) is 18.2 Å². The van der Waals surface area contributed by atoms with Crippen LogP contribution in [0.3, 0.4) is 0 Å². The fraction of sp³-hybridized carbons (Fsp3) is 0.400. The minimum atomic E-state index is 0. The van der Waals surface area contributed by atoms with Gasteiger partial charge in [0.1, 0.15) is 11.6 Å². The predicted octanol–water partition coefficient (Wildman–Crippen LogP) is 3.98. The lowest BCUT2D eigenvalue weighted by atomic mass is 10.0. The minimum Gasteiger partial charge on any atom is -0.383 e. The molecule has 33 heavy (non-hydrogen) atoms. The van der Waals surface area contributed by atoms with Crippen LogP contribution in [0.4, 0.5) is 11.6 Å². The first kappa shape index (κ1) is 24.9. The number of hydrogen-bond acceptors (Lipinski definition) is 7. The molecular formula is C25H33ClN6O. The number of halogens is 1. The Bertz CT molecular complexity index is 1100. The van der Waals surface area contributed by atoms with E-state index in [-0.39, 0.29) is 13.2 Å². The first-order chi connectivity index (χ1) is 15.5. The number of nitrogens with one attached hydrogen (secondary N) is 1. The van der Waals surface area contributed by atoms with E-state index in [0.717, 1.165) is 55.6 Å². The third kappa shape index (κ3) is 6.41. The number of carbonyl (C=O) groups excluding carboxylic acids is 1. The molecule has 1 saturated heterocycles. The van der Waals surface area contributed by atoms with Gasteiger partial charge in [-0.2, -0.15) is 0 Å². The average molecular weight is 469 g/mol. The highest BCUT2D eigenvalue weighted by Crippen LogP contribution is 2.23. The molecule has 1 aliphatic heterocycles. The number of nitrogens with two attached hydrogens (primary N) is 1. The molecular weight excluding hydrogens is 436 g/mol. The molecule has 7 nitrogen and oxygen atoms in total. The minimum absolute atomic E-state index is 0. The van der Waals surface area contributed by atoms with Gasteiger partial charge in [0.05, 0.1) is 5.02 Å². The molecule has 1 fully saturated rings. The molecule has 1 aromatic carbocycles. The van der Waals surface area contributed by atoms with Crippen molar-refractivity contribution in [1.29, 1.82) is 0 Å². The Labute approximate surface area is 200 Å². The van der Waals surface area contributed by atoms with Crippen molar-refractivity contribution in [3.8, 4) is 0 Å². The van der Waals surface area contributed by atoms with E-state index in [1.54, 1.807) is 18.5 Å². The third-order valence-electron chi connectivity index (χ3n) is 5.98. The number of benzene rings is 1. The van der Waals surface area contributed by atoms with Crippen LogP contribution in [0.5, 0.6) is 0 Å². The second-order valence-electron chi connectivity index (χ2n) is 8.30. The number of ketones is 1. The maximum atomic E-state index is 12.7. The van der Waals surface area contributed by atoms with Crippen molar-refractivity contribution in [2.45, 2.75) is 20.3 Å². The Kier molecular flexibility index (Phi) is 8.61. The van der Waals surface area contributed by atoms with Crippen LogP contribution < -0.4 is 11.1 Å². The van der Waals surface area contributed by atoms with Crippen LogP contribution in [0.1, 0.15) is 29.8 Å². The molecule has 3 heterocycles. The van der Waals surface area contributed by atoms with E-state index >= 15 is 0 Å². The maximum Gasteiger partial charge on any atom is 0.164 e. The molecule has 0 amide bonds. The Balaban J connectivity index is 0.00000306. The Morgan fingerprint density at radius 1 is 1.15 bits per heavy atom. The highest BCUT2D eigenvalue weighted by atomic mass is 35.5. The Morgan fingerprint density at radius 3 is 2.70 bits per heavy atom. The zero-order valence-electron chi connectivity index (χ0n) is 18.4. The lowest BCUT2D eigenvalue weighted by molar-refractivity contribution is 0.0982. The monoisotopic (exact) mass is 468 g/mol. The lowest BCUT2D eigenvalue weighted by Crippen LogP contribution is -2.45. The molecule has 3 N–H and O–H groups in total. The maximum absolute atomic E-state index is 12.7. The average Bonchev–Trinajstić information content (AvgIpc) is 2.80. The molecule has 4 rings (SSSR count). The number of nitrogens with zero attached hydrogens (tertiary/aromatic N) is 4. The van der Waals surface area contributed by atoms with Gasteiger partial charge in [0.15, 0.2) is 5.78 Å². The number of piperazine rings is 1. The summed E-state index contributed by atoms with van der Waals surface area (Å²) in [7, 11) is 2.15. The number of pyridine rings is 2. The lowest BCUT2D eigenvalue weighted by Gasteiger charge is -2.32. The molecule has 0 saturated carbocycles. The quantitative estimate of drug-likeness (QED) is 0.483. The number of Topliss-reactive ketones (excluding diaryl/α,β-unsaturated/α-hetero) is 1. The molecule has 0 bridgehead atoms. The van der Waals surface area contributed by atoms with Crippen molar-refractivity contribution in [3.63, 3.8) is 0 Å². The van der Waals surface area contributed by atoms with Gasteiger partial charge in [-0.15, -0.1) is 0 Å². The van der Waals surface area contributed by atoms with Crippen molar-refractivity contribution in [2.75, 3.05) is 57.4 Å². The first-order valence-electron chi connectivity index (χ1n) is 11.0. The summed E-state index contributed by atoms with van der Waals surface area (Å²) in [5, 5.41) is 5.72. The number of fused-ring (bicyclic) bond motifs is 1. The number of hydrogen-bond donors (Lipinski definition) is 2. The zero-order chi connectivity index (χ0) is 22.5. The van der Waals surface area contributed by atoms with E-state index in [0.29, 0.717) is 35.1 Å². The number of anilines is 2.